The highest BCUT2D eigenvalue weighted by atomic mass is 32.1. The molecule has 1 saturated heterocycles. The average molecular weight is 385 g/mol. The van der Waals surface area contributed by atoms with Crippen molar-refractivity contribution in [3.8, 4) is 0 Å². The lowest BCUT2D eigenvalue weighted by Crippen LogP contribution is -2.43. The van der Waals surface area contributed by atoms with Gasteiger partial charge in [-0.2, -0.15) is 0 Å². The summed E-state index contributed by atoms with van der Waals surface area (Å²) < 4.78 is 0. The first-order valence-corrected chi connectivity index (χ1v) is 9.65. The van der Waals surface area contributed by atoms with E-state index in [4.69, 9.17) is 0 Å². The number of imide groups is 2. The lowest BCUT2D eigenvalue weighted by Gasteiger charge is -2.32. The van der Waals surface area contributed by atoms with Crippen molar-refractivity contribution in [1.82, 2.24) is 15.1 Å². The van der Waals surface area contributed by atoms with Crippen LogP contribution in [0.15, 0.2) is 47.8 Å². The average Bonchev–Trinajstić information content (AvgIpc) is 3.21. The predicted molar refractivity (Wildman–Crippen MR) is 104 cm³/mol. The van der Waals surface area contributed by atoms with Crippen molar-refractivity contribution in [2.24, 2.45) is 5.41 Å². The maximum atomic E-state index is 12.7. The summed E-state index contributed by atoms with van der Waals surface area (Å²) >= 11 is 1.62. The highest BCUT2D eigenvalue weighted by Gasteiger charge is 2.44. The van der Waals surface area contributed by atoms with Gasteiger partial charge in [-0.15, -0.1) is 11.3 Å². The molecule has 4 amide bonds. The molecule has 2 aromatic rings. The third-order valence-electron chi connectivity index (χ3n) is 4.47. The largest absolute Gasteiger partial charge is 0.335 e. The summed E-state index contributed by atoms with van der Waals surface area (Å²) in [5.41, 5.74) is 0.678. The van der Waals surface area contributed by atoms with Gasteiger partial charge in [0.25, 0.3) is 0 Å². The Morgan fingerprint density at radius 2 is 1.63 bits per heavy atom. The van der Waals surface area contributed by atoms with Gasteiger partial charge in [-0.05, 0) is 22.4 Å². The lowest BCUT2D eigenvalue weighted by atomic mass is 9.86. The Labute approximate surface area is 162 Å². The Morgan fingerprint density at radius 1 is 0.963 bits per heavy atom. The third-order valence-corrected chi connectivity index (χ3v) is 5.40. The van der Waals surface area contributed by atoms with E-state index in [-0.39, 0.29) is 24.7 Å². The molecule has 1 aromatic carbocycles. The summed E-state index contributed by atoms with van der Waals surface area (Å²) in [5.74, 6) is -1.57. The molecule has 1 aromatic heterocycles. The Kier molecular flexibility index (Phi) is 5.43. The molecular formula is C20H23N3O3S. The van der Waals surface area contributed by atoms with Crippen LogP contribution in [0, 0.1) is 5.41 Å². The number of hydrogen-bond acceptors (Lipinski definition) is 5. The third kappa shape index (κ3) is 4.09. The number of urea groups is 1. The van der Waals surface area contributed by atoms with Gasteiger partial charge in [0, 0.05) is 10.9 Å². The van der Waals surface area contributed by atoms with Gasteiger partial charge in [-0.3, -0.25) is 19.8 Å². The minimum atomic E-state index is -0.790. The molecule has 0 aliphatic carbocycles. The first-order chi connectivity index (χ1) is 12.8. The van der Waals surface area contributed by atoms with E-state index < -0.39 is 17.8 Å². The standard InChI is InChI=1S/C20H23N3O3S/c1-20(2,3)16(15-10-7-11-27-15)21-13-23-18(25)17(24)22(19(23)26)12-14-8-5-4-6-9-14/h4-11,16,21H,12-13H2,1-3H3/t16-/m1/s1. The molecule has 3 rings (SSSR count). The summed E-state index contributed by atoms with van der Waals surface area (Å²) in [6, 6.07) is 12.5. The first kappa shape index (κ1) is 19.3. The topological polar surface area (TPSA) is 69.7 Å². The van der Waals surface area contributed by atoms with Crippen LogP contribution in [0.3, 0.4) is 0 Å². The number of amides is 4. The molecule has 1 fully saturated rings. The summed E-state index contributed by atoms with van der Waals surface area (Å²) in [4.78, 5) is 40.4. The molecule has 0 saturated carbocycles. The summed E-state index contributed by atoms with van der Waals surface area (Å²) in [7, 11) is 0. The van der Waals surface area contributed by atoms with Crippen molar-refractivity contribution in [3.63, 3.8) is 0 Å². The van der Waals surface area contributed by atoms with Crippen LogP contribution in [-0.2, 0) is 16.1 Å². The fourth-order valence-electron chi connectivity index (χ4n) is 3.07. The molecule has 1 aliphatic heterocycles. The second kappa shape index (κ2) is 7.62. The van der Waals surface area contributed by atoms with Crippen molar-refractivity contribution in [2.75, 3.05) is 6.67 Å². The Morgan fingerprint density at radius 3 is 2.22 bits per heavy atom. The van der Waals surface area contributed by atoms with Crippen LogP contribution in [0.5, 0.6) is 0 Å². The van der Waals surface area contributed by atoms with Gasteiger partial charge < -0.3 is 0 Å². The fraction of sp³-hybridized carbons (Fsp3) is 0.350. The molecule has 1 atom stereocenters. The fourth-order valence-corrected chi connectivity index (χ4v) is 4.11. The van der Waals surface area contributed by atoms with Gasteiger partial charge in [-0.1, -0.05) is 57.2 Å². The number of carbonyl (C=O) groups excluding carboxylic acids is 3. The summed E-state index contributed by atoms with van der Waals surface area (Å²) in [6.07, 6.45) is 0. The highest BCUT2D eigenvalue weighted by Crippen LogP contribution is 2.35. The molecule has 1 N–H and O–H groups in total. The quantitative estimate of drug-likeness (QED) is 0.611. The van der Waals surface area contributed by atoms with Crippen molar-refractivity contribution < 1.29 is 14.4 Å². The van der Waals surface area contributed by atoms with Crippen LogP contribution in [0.25, 0.3) is 0 Å². The van der Waals surface area contributed by atoms with E-state index in [1.54, 1.807) is 11.3 Å². The van der Waals surface area contributed by atoms with Gasteiger partial charge in [0.15, 0.2) is 0 Å². The molecule has 0 unspecified atom stereocenters. The minimum absolute atomic E-state index is 0.00542. The number of carbonyl (C=O) groups is 3. The normalized spacial score (nSPS) is 16.3. The van der Waals surface area contributed by atoms with Gasteiger partial charge in [0.1, 0.15) is 0 Å². The molecule has 0 bridgehead atoms. The van der Waals surface area contributed by atoms with Gasteiger partial charge >= 0.3 is 17.8 Å². The summed E-state index contributed by atoms with van der Waals surface area (Å²) in [6.45, 7) is 6.35. The number of benzene rings is 1. The van der Waals surface area contributed by atoms with Crippen LogP contribution < -0.4 is 5.32 Å². The lowest BCUT2D eigenvalue weighted by molar-refractivity contribution is -0.143. The zero-order valence-electron chi connectivity index (χ0n) is 15.6. The van der Waals surface area contributed by atoms with E-state index in [0.29, 0.717) is 0 Å². The van der Waals surface area contributed by atoms with Crippen molar-refractivity contribution in [1.29, 1.82) is 0 Å². The van der Waals surface area contributed by atoms with Crippen LogP contribution in [0.2, 0.25) is 0 Å². The van der Waals surface area contributed by atoms with Crippen LogP contribution in [0.1, 0.15) is 37.3 Å². The van der Waals surface area contributed by atoms with E-state index in [9.17, 15) is 14.4 Å². The zero-order chi connectivity index (χ0) is 19.6. The van der Waals surface area contributed by atoms with E-state index in [2.05, 4.69) is 26.1 Å². The second-order valence-electron chi connectivity index (χ2n) is 7.57. The molecule has 2 heterocycles. The van der Waals surface area contributed by atoms with Crippen LogP contribution >= 0.6 is 11.3 Å². The Bertz CT molecular complexity index is 828. The molecule has 0 spiro atoms. The van der Waals surface area contributed by atoms with E-state index in [0.717, 1.165) is 20.2 Å². The molecule has 1 aliphatic rings. The second-order valence-corrected chi connectivity index (χ2v) is 8.55. The Hall–Kier alpha value is -2.51. The number of nitrogens with one attached hydrogen (secondary N) is 1. The number of thiophene rings is 1. The molecular weight excluding hydrogens is 362 g/mol. The van der Waals surface area contributed by atoms with Crippen molar-refractivity contribution in [2.45, 2.75) is 33.4 Å². The molecule has 6 nitrogen and oxygen atoms in total. The smallest absolute Gasteiger partial charge is 0.291 e. The maximum Gasteiger partial charge on any atom is 0.335 e. The molecule has 27 heavy (non-hydrogen) atoms. The SMILES string of the molecule is CC(C)(C)[C@H](NCN1C(=O)C(=O)N(Cc2ccccc2)C1=O)c1cccs1. The minimum Gasteiger partial charge on any atom is -0.291 e. The van der Waals surface area contributed by atoms with E-state index in [1.807, 2.05) is 47.8 Å². The van der Waals surface area contributed by atoms with Gasteiger partial charge in [0.2, 0.25) is 0 Å². The van der Waals surface area contributed by atoms with Crippen LogP contribution in [-0.4, -0.2) is 34.3 Å². The summed E-state index contributed by atoms with van der Waals surface area (Å²) in [5, 5.41) is 5.28. The van der Waals surface area contributed by atoms with Gasteiger partial charge in [-0.25, -0.2) is 9.69 Å². The first-order valence-electron chi connectivity index (χ1n) is 8.77. The number of rotatable bonds is 6. The maximum absolute atomic E-state index is 12.7. The number of nitrogens with zero attached hydrogens (tertiary/aromatic N) is 2. The van der Waals surface area contributed by atoms with E-state index >= 15 is 0 Å². The monoisotopic (exact) mass is 385 g/mol. The van der Waals surface area contributed by atoms with Crippen molar-refractivity contribution >= 4 is 29.2 Å². The Balaban J connectivity index is 1.72. The van der Waals surface area contributed by atoms with Crippen molar-refractivity contribution in [3.05, 3.63) is 58.3 Å². The molecule has 7 heteroatoms. The molecule has 0 radical (unpaired) electrons. The molecule has 142 valence electrons. The highest BCUT2D eigenvalue weighted by molar-refractivity contribution is 7.10. The van der Waals surface area contributed by atoms with E-state index in [1.165, 1.54) is 0 Å². The zero-order valence-corrected chi connectivity index (χ0v) is 16.5. The van der Waals surface area contributed by atoms with Crippen LogP contribution in [0.4, 0.5) is 4.79 Å². The number of hydrogen-bond donors (Lipinski definition) is 1. The van der Waals surface area contributed by atoms with Gasteiger partial charge in [0.05, 0.1) is 13.2 Å². The predicted octanol–water partition coefficient (Wildman–Crippen LogP) is 3.37.